The van der Waals surface area contributed by atoms with E-state index in [1.807, 2.05) is 6.20 Å². The van der Waals surface area contributed by atoms with Crippen LogP contribution in [0.1, 0.15) is 18.5 Å². The zero-order chi connectivity index (χ0) is 12.7. The van der Waals surface area contributed by atoms with Gasteiger partial charge >= 0.3 is 0 Å². The van der Waals surface area contributed by atoms with Gasteiger partial charge in [-0.1, -0.05) is 23.2 Å². The van der Waals surface area contributed by atoms with E-state index in [-0.39, 0.29) is 0 Å². The van der Waals surface area contributed by atoms with Crippen LogP contribution in [0.15, 0.2) is 18.5 Å². The van der Waals surface area contributed by atoms with Crippen LogP contribution >= 0.6 is 23.2 Å². The van der Waals surface area contributed by atoms with Gasteiger partial charge in [-0.05, 0) is 24.8 Å². The molecule has 1 aliphatic rings. The molecule has 0 bridgehead atoms. The van der Waals surface area contributed by atoms with Crippen molar-refractivity contribution in [3.8, 4) is 0 Å². The minimum Gasteiger partial charge on any atom is -0.304 e. The lowest BCUT2D eigenvalue weighted by Gasteiger charge is -1.96. The number of pyridine rings is 1. The van der Waals surface area contributed by atoms with Crippen LogP contribution in [0.4, 0.5) is 0 Å². The fourth-order valence-corrected chi connectivity index (χ4v) is 3.89. The topological polar surface area (TPSA) is 34.4 Å². The zero-order valence-electron chi connectivity index (χ0n) is 9.60. The van der Waals surface area contributed by atoms with Crippen molar-refractivity contribution < 1.29 is 4.21 Å². The van der Waals surface area contributed by atoms with Gasteiger partial charge in [0.25, 0.3) is 0 Å². The van der Waals surface area contributed by atoms with Gasteiger partial charge in [0.1, 0.15) is 0 Å². The summed E-state index contributed by atoms with van der Waals surface area (Å²) in [7, 11) is -0.829. The van der Waals surface area contributed by atoms with Crippen molar-refractivity contribution in [3.05, 3.63) is 34.2 Å². The number of halogens is 2. The Morgan fingerprint density at radius 3 is 2.89 bits per heavy atom. The first kappa shape index (κ1) is 12.5. The number of fused-ring (bicyclic) bond motifs is 1. The molecule has 2 aromatic heterocycles. The molecule has 0 aliphatic heterocycles. The Labute approximate surface area is 118 Å². The summed E-state index contributed by atoms with van der Waals surface area (Å²) in [6, 6.07) is 1.66. The molecule has 0 spiro atoms. The Kier molecular flexibility index (Phi) is 3.34. The van der Waals surface area contributed by atoms with Gasteiger partial charge in [0, 0.05) is 28.9 Å². The van der Waals surface area contributed by atoms with Crippen molar-refractivity contribution in [2.45, 2.75) is 18.6 Å². The van der Waals surface area contributed by atoms with Crippen molar-refractivity contribution in [2.24, 2.45) is 5.92 Å². The molecule has 0 unspecified atom stereocenters. The van der Waals surface area contributed by atoms with E-state index in [2.05, 4.69) is 4.98 Å². The number of hydrogen-bond donors (Lipinski definition) is 0. The van der Waals surface area contributed by atoms with Crippen molar-refractivity contribution in [1.29, 1.82) is 0 Å². The fourth-order valence-electron chi connectivity index (χ4n) is 1.92. The lowest BCUT2D eigenvalue weighted by molar-refractivity contribution is 0.679. The van der Waals surface area contributed by atoms with Crippen LogP contribution in [0.25, 0.3) is 5.65 Å². The maximum atomic E-state index is 11.9. The van der Waals surface area contributed by atoms with Crippen molar-refractivity contribution >= 4 is 39.6 Å². The van der Waals surface area contributed by atoms with Gasteiger partial charge in [0.05, 0.1) is 21.5 Å². The highest BCUT2D eigenvalue weighted by molar-refractivity contribution is 7.84. The van der Waals surface area contributed by atoms with E-state index in [0.717, 1.165) is 11.4 Å². The van der Waals surface area contributed by atoms with E-state index in [1.54, 1.807) is 16.7 Å². The van der Waals surface area contributed by atoms with Gasteiger partial charge in [-0.15, -0.1) is 0 Å². The van der Waals surface area contributed by atoms with Gasteiger partial charge in [0.15, 0.2) is 5.65 Å². The van der Waals surface area contributed by atoms with Gasteiger partial charge in [-0.3, -0.25) is 4.21 Å². The van der Waals surface area contributed by atoms with Crippen molar-refractivity contribution in [3.63, 3.8) is 0 Å². The number of aromatic nitrogens is 2. The van der Waals surface area contributed by atoms with Gasteiger partial charge in [0.2, 0.25) is 0 Å². The molecule has 2 aromatic rings. The van der Waals surface area contributed by atoms with Crippen molar-refractivity contribution in [1.82, 2.24) is 9.38 Å². The average Bonchev–Trinajstić information content (AvgIpc) is 2.98. The first-order valence-electron chi connectivity index (χ1n) is 5.79. The lowest BCUT2D eigenvalue weighted by atomic mass is 10.5. The molecule has 6 heteroatoms. The number of hydrogen-bond acceptors (Lipinski definition) is 2. The maximum Gasteiger partial charge on any atom is 0.155 e. The van der Waals surface area contributed by atoms with Crippen LogP contribution in [-0.4, -0.2) is 19.3 Å². The van der Waals surface area contributed by atoms with E-state index < -0.39 is 10.8 Å². The molecule has 3 nitrogen and oxygen atoms in total. The van der Waals surface area contributed by atoms with E-state index in [1.165, 1.54) is 12.8 Å². The smallest absolute Gasteiger partial charge is 0.155 e. The van der Waals surface area contributed by atoms with Crippen LogP contribution in [0.5, 0.6) is 0 Å². The SMILES string of the molecule is O=[S@](Cc1cn2cc(Cl)cc(Cl)c2n1)CC1CC1. The zero-order valence-corrected chi connectivity index (χ0v) is 11.9. The predicted molar refractivity (Wildman–Crippen MR) is 74.6 cm³/mol. The molecule has 1 aliphatic carbocycles. The molecule has 0 saturated heterocycles. The largest absolute Gasteiger partial charge is 0.304 e. The third-order valence-corrected chi connectivity index (χ3v) is 4.90. The first-order valence-corrected chi connectivity index (χ1v) is 8.04. The Morgan fingerprint density at radius 1 is 1.39 bits per heavy atom. The molecule has 1 saturated carbocycles. The normalized spacial score (nSPS) is 17.2. The monoisotopic (exact) mass is 302 g/mol. The van der Waals surface area contributed by atoms with Crippen LogP contribution in [0.3, 0.4) is 0 Å². The summed E-state index contributed by atoms with van der Waals surface area (Å²) in [6.07, 6.45) is 6.04. The Morgan fingerprint density at radius 2 is 2.17 bits per heavy atom. The fraction of sp³-hybridized carbons (Fsp3) is 0.417. The van der Waals surface area contributed by atoms with Crippen molar-refractivity contribution in [2.75, 3.05) is 5.75 Å². The van der Waals surface area contributed by atoms with E-state index in [4.69, 9.17) is 23.2 Å². The molecule has 3 rings (SSSR count). The second kappa shape index (κ2) is 4.83. The Balaban J connectivity index is 1.83. The van der Waals surface area contributed by atoms with Gasteiger partial charge in [-0.25, -0.2) is 4.98 Å². The molecule has 0 aromatic carbocycles. The highest BCUT2D eigenvalue weighted by Crippen LogP contribution is 2.30. The third-order valence-electron chi connectivity index (χ3n) is 2.95. The van der Waals surface area contributed by atoms with Crippen LogP contribution < -0.4 is 0 Å². The number of imidazole rings is 1. The van der Waals surface area contributed by atoms with Crippen LogP contribution in [0.2, 0.25) is 10.0 Å². The molecule has 2 heterocycles. The summed E-state index contributed by atoms with van der Waals surface area (Å²) in [4.78, 5) is 4.40. The molecule has 0 radical (unpaired) electrons. The average molecular weight is 303 g/mol. The molecular formula is C12H12Cl2N2OS. The molecular weight excluding hydrogens is 291 g/mol. The number of rotatable bonds is 4. The predicted octanol–water partition coefficient (Wildman–Crippen LogP) is 3.30. The second-order valence-corrected chi connectivity index (χ2v) is 7.01. The lowest BCUT2D eigenvalue weighted by Crippen LogP contribution is -2.02. The maximum absolute atomic E-state index is 11.9. The quantitative estimate of drug-likeness (QED) is 0.868. The molecule has 1 atom stereocenters. The minimum atomic E-state index is -0.829. The Hall–Kier alpha value is -0.580. The molecule has 18 heavy (non-hydrogen) atoms. The van der Waals surface area contributed by atoms with Gasteiger partial charge in [-0.2, -0.15) is 0 Å². The van der Waals surface area contributed by atoms with Crippen LogP contribution in [0, 0.1) is 5.92 Å². The third kappa shape index (κ3) is 2.71. The molecule has 0 amide bonds. The second-order valence-electron chi connectivity index (χ2n) is 4.66. The first-order chi connectivity index (χ1) is 8.61. The summed E-state index contributed by atoms with van der Waals surface area (Å²) < 4.78 is 13.7. The molecule has 96 valence electrons. The summed E-state index contributed by atoms with van der Waals surface area (Å²) in [6.45, 7) is 0. The standard InChI is InChI=1S/C12H12Cl2N2OS/c13-9-3-11(14)12-15-10(5-16(12)4-9)7-18(17)6-8-1-2-8/h3-5,8H,1-2,6-7H2/t18-/m0/s1. The summed E-state index contributed by atoms with van der Waals surface area (Å²) in [5, 5.41) is 1.08. The molecule has 1 fully saturated rings. The summed E-state index contributed by atoms with van der Waals surface area (Å²) in [5.74, 6) is 1.95. The van der Waals surface area contributed by atoms with E-state index in [0.29, 0.717) is 27.4 Å². The molecule has 0 N–H and O–H groups in total. The summed E-state index contributed by atoms with van der Waals surface area (Å²) >= 11 is 12.0. The Bertz CT molecular complexity index is 622. The highest BCUT2D eigenvalue weighted by Gasteiger charge is 2.24. The van der Waals surface area contributed by atoms with E-state index in [9.17, 15) is 4.21 Å². The minimum absolute atomic E-state index is 0.492. The van der Waals surface area contributed by atoms with Gasteiger partial charge < -0.3 is 4.40 Å². The number of nitrogens with zero attached hydrogens (tertiary/aromatic N) is 2. The highest BCUT2D eigenvalue weighted by atomic mass is 35.5. The van der Waals surface area contributed by atoms with E-state index >= 15 is 0 Å². The summed E-state index contributed by atoms with van der Waals surface area (Å²) in [5.41, 5.74) is 1.47. The van der Waals surface area contributed by atoms with Crippen LogP contribution in [-0.2, 0) is 16.6 Å².